The second kappa shape index (κ2) is 11.3. The maximum atomic E-state index is 14.1. The molecule has 216 valence electrons. The van der Waals surface area contributed by atoms with E-state index in [1.54, 1.807) is 37.3 Å². The number of likely N-dealkylation sites (tertiary alicyclic amines) is 1. The number of amides is 4. The molecule has 0 spiro atoms. The summed E-state index contributed by atoms with van der Waals surface area (Å²) in [5.74, 6) is 1.33. The van der Waals surface area contributed by atoms with Crippen LogP contribution in [0.15, 0.2) is 72.8 Å². The number of hydrogen-bond donors (Lipinski definition) is 0. The maximum Gasteiger partial charge on any atom is 0.332 e. The van der Waals surface area contributed by atoms with E-state index >= 15 is 0 Å². The monoisotopic (exact) mass is 569 g/mol. The number of carbonyl (C=O) groups is 3. The van der Waals surface area contributed by atoms with E-state index in [-0.39, 0.29) is 24.3 Å². The average Bonchev–Trinajstić information content (AvgIpc) is 3.47. The molecule has 3 heterocycles. The number of imidazole rings is 1. The first kappa shape index (κ1) is 27.4. The maximum absolute atomic E-state index is 14.1. The van der Waals surface area contributed by atoms with Gasteiger partial charge in [0.05, 0.1) is 17.1 Å². The van der Waals surface area contributed by atoms with Crippen molar-refractivity contribution in [2.45, 2.75) is 32.2 Å². The highest BCUT2D eigenvalue weighted by atomic mass is 19.1. The summed E-state index contributed by atoms with van der Waals surface area (Å²) in [6.45, 7) is 2.73. The number of ether oxygens (including phenoxy) is 1. The molecule has 1 atom stereocenters. The molecule has 1 aromatic heterocycles. The number of piperidine rings is 1. The first-order chi connectivity index (χ1) is 20.3. The van der Waals surface area contributed by atoms with Gasteiger partial charge in [-0.1, -0.05) is 18.2 Å². The highest BCUT2D eigenvalue weighted by Crippen LogP contribution is 2.37. The number of hydrogen-bond acceptors (Lipinski definition) is 5. The van der Waals surface area contributed by atoms with Gasteiger partial charge in [0.2, 0.25) is 5.91 Å². The van der Waals surface area contributed by atoms with E-state index < -0.39 is 17.9 Å². The number of fused-ring (bicyclic) bond motifs is 1. The van der Waals surface area contributed by atoms with Crippen molar-refractivity contribution < 1.29 is 23.5 Å². The molecule has 42 heavy (non-hydrogen) atoms. The van der Waals surface area contributed by atoms with Gasteiger partial charge in [0, 0.05) is 38.8 Å². The molecule has 10 heteroatoms. The molecule has 0 N–H and O–H groups in total. The summed E-state index contributed by atoms with van der Waals surface area (Å²) in [6, 6.07) is 19.8. The van der Waals surface area contributed by atoms with Gasteiger partial charge in [-0.2, -0.15) is 0 Å². The predicted molar refractivity (Wildman–Crippen MR) is 156 cm³/mol. The lowest BCUT2D eigenvalue weighted by Crippen LogP contribution is -2.41. The summed E-state index contributed by atoms with van der Waals surface area (Å²) >= 11 is 0. The standard InChI is InChI=1S/C32H32FN5O4/c1-21(39)36-16-14-22(15-17-36)18-29(31-34-27-19-23(33)8-13-28(27)35(31)2)38-30(40)20-37(32(38)41)24-9-11-26(12-10-24)42-25-6-4-3-5-7-25/h3-13,19,22,29H,14-18,20H2,1-2H3/t29-/m0/s1. The fourth-order valence-corrected chi connectivity index (χ4v) is 5.96. The van der Waals surface area contributed by atoms with Crippen LogP contribution < -0.4 is 9.64 Å². The molecule has 2 saturated heterocycles. The van der Waals surface area contributed by atoms with Crippen LogP contribution in [0.5, 0.6) is 11.5 Å². The summed E-state index contributed by atoms with van der Waals surface area (Å²) in [6.07, 6.45) is 2.02. The number of benzene rings is 3. The summed E-state index contributed by atoms with van der Waals surface area (Å²) < 4.78 is 21.8. The first-order valence-electron chi connectivity index (χ1n) is 14.1. The third kappa shape index (κ3) is 5.32. The molecule has 2 aliphatic heterocycles. The van der Waals surface area contributed by atoms with Crippen LogP contribution in [0.25, 0.3) is 11.0 Å². The van der Waals surface area contributed by atoms with Crippen molar-refractivity contribution in [3.05, 3.63) is 84.4 Å². The zero-order valence-corrected chi connectivity index (χ0v) is 23.6. The molecule has 6 rings (SSSR count). The van der Waals surface area contributed by atoms with Crippen molar-refractivity contribution in [2.75, 3.05) is 24.5 Å². The Balaban J connectivity index is 1.28. The van der Waals surface area contributed by atoms with E-state index in [4.69, 9.17) is 9.72 Å². The summed E-state index contributed by atoms with van der Waals surface area (Å²) in [7, 11) is 1.82. The Morgan fingerprint density at radius 1 is 1.00 bits per heavy atom. The van der Waals surface area contributed by atoms with Crippen LogP contribution in [0.3, 0.4) is 0 Å². The fraction of sp³-hybridized carbons (Fsp3) is 0.312. The number of urea groups is 1. The minimum Gasteiger partial charge on any atom is -0.457 e. The highest BCUT2D eigenvalue weighted by Gasteiger charge is 2.44. The number of carbonyl (C=O) groups excluding carboxylic acids is 3. The lowest BCUT2D eigenvalue weighted by Gasteiger charge is -2.35. The Hall–Kier alpha value is -4.73. The first-order valence-corrected chi connectivity index (χ1v) is 14.1. The minimum atomic E-state index is -0.648. The molecule has 0 bridgehead atoms. The van der Waals surface area contributed by atoms with Crippen molar-refractivity contribution in [3.63, 3.8) is 0 Å². The molecule has 2 aliphatic rings. The minimum absolute atomic E-state index is 0.0445. The molecule has 4 aromatic rings. The molecule has 9 nitrogen and oxygen atoms in total. The van der Waals surface area contributed by atoms with Gasteiger partial charge in [-0.25, -0.2) is 14.2 Å². The van der Waals surface area contributed by atoms with Gasteiger partial charge in [0.15, 0.2) is 0 Å². The van der Waals surface area contributed by atoms with E-state index in [2.05, 4.69) is 0 Å². The van der Waals surface area contributed by atoms with E-state index in [9.17, 15) is 18.8 Å². The van der Waals surface area contributed by atoms with Crippen LogP contribution in [0.1, 0.15) is 38.1 Å². The second-order valence-corrected chi connectivity index (χ2v) is 10.9. The van der Waals surface area contributed by atoms with Crippen LogP contribution in [-0.4, -0.2) is 56.8 Å². The third-order valence-corrected chi connectivity index (χ3v) is 8.23. The predicted octanol–water partition coefficient (Wildman–Crippen LogP) is 5.66. The highest BCUT2D eigenvalue weighted by molar-refractivity contribution is 6.12. The fourth-order valence-electron chi connectivity index (χ4n) is 5.96. The average molecular weight is 570 g/mol. The number of imide groups is 1. The van der Waals surface area contributed by atoms with Gasteiger partial charge >= 0.3 is 6.03 Å². The van der Waals surface area contributed by atoms with Crippen LogP contribution in [-0.2, 0) is 16.6 Å². The van der Waals surface area contributed by atoms with Gasteiger partial charge in [-0.15, -0.1) is 0 Å². The zero-order chi connectivity index (χ0) is 29.4. The van der Waals surface area contributed by atoms with Gasteiger partial charge < -0.3 is 14.2 Å². The molecule has 3 aromatic carbocycles. The number of anilines is 1. The largest absolute Gasteiger partial charge is 0.457 e. The Kier molecular flexibility index (Phi) is 7.36. The van der Waals surface area contributed by atoms with Crippen molar-refractivity contribution >= 4 is 34.6 Å². The van der Waals surface area contributed by atoms with E-state index in [0.717, 1.165) is 12.8 Å². The van der Waals surface area contributed by atoms with Crippen molar-refractivity contribution in [1.29, 1.82) is 0 Å². The lowest BCUT2D eigenvalue weighted by atomic mass is 9.89. The van der Waals surface area contributed by atoms with Gasteiger partial charge in [0.25, 0.3) is 5.91 Å². The summed E-state index contributed by atoms with van der Waals surface area (Å²) in [5.41, 5.74) is 1.76. The topological polar surface area (TPSA) is 88.0 Å². The molecule has 0 saturated carbocycles. The van der Waals surface area contributed by atoms with Crippen molar-refractivity contribution in [2.24, 2.45) is 13.0 Å². The van der Waals surface area contributed by atoms with E-state index in [1.807, 2.05) is 46.8 Å². The molecule has 0 unspecified atom stereocenters. The summed E-state index contributed by atoms with van der Waals surface area (Å²) in [5, 5.41) is 0. The van der Waals surface area contributed by atoms with Gasteiger partial charge in [0.1, 0.15) is 29.7 Å². The number of nitrogens with zero attached hydrogens (tertiary/aromatic N) is 5. The number of aromatic nitrogens is 2. The third-order valence-electron chi connectivity index (χ3n) is 8.23. The lowest BCUT2D eigenvalue weighted by molar-refractivity contribution is -0.130. The van der Waals surface area contributed by atoms with Gasteiger partial charge in [-0.05, 0) is 73.7 Å². The van der Waals surface area contributed by atoms with E-state index in [1.165, 1.54) is 21.9 Å². The Bertz CT molecular complexity index is 1630. The number of halogens is 1. The van der Waals surface area contributed by atoms with Crippen LogP contribution in [0.2, 0.25) is 0 Å². The Labute approximate surface area is 243 Å². The Morgan fingerprint density at radius 3 is 2.38 bits per heavy atom. The smallest absolute Gasteiger partial charge is 0.332 e. The van der Waals surface area contributed by atoms with E-state index in [0.29, 0.717) is 53.6 Å². The molecular formula is C32H32FN5O4. The van der Waals surface area contributed by atoms with Crippen molar-refractivity contribution in [1.82, 2.24) is 19.4 Å². The molecular weight excluding hydrogens is 537 g/mol. The molecule has 2 fully saturated rings. The zero-order valence-electron chi connectivity index (χ0n) is 23.6. The molecule has 0 radical (unpaired) electrons. The SMILES string of the molecule is CC(=O)N1CCC(C[C@@H](c2nc3cc(F)ccc3n2C)N2C(=O)CN(c3ccc(Oc4ccccc4)cc3)C2=O)CC1. The molecule has 0 aliphatic carbocycles. The summed E-state index contributed by atoms with van der Waals surface area (Å²) in [4.78, 5) is 48.6. The number of rotatable bonds is 7. The normalized spacial score (nSPS) is 16.9. The quantitative estimate of drug-likeness (QED) is 0.268. The van der Waals surface area contributed by atoms with Crippen LogP contribution in [0.4, 0.5) is 14.9 Å². The van der Waals surface area contributed by atoms with Crippen molar-refractivity contribution in [3.8, 4) is 11.5 Å². The molecule has 4 amide bonds. The number of aryl methyl sites for hydroxylation is 1. The van der Waals surface area contributed by atoms with Gasteiger partial charge in [-0.3, -0.25) is 19.4 Å². The van der Waals surface area contributed by atoms with Crippen LogP contribution >= 0.6 is 0 Å². The van der Waals surface area contributed by atoms with Crippen LogP contribution in [0, 0.1) is 11.7 Å². The second-order valence-electron chi connectivity index (χ2n) is 10.9. The Morgan fingerprint density at radius 2 is 1.69 bits per heavy atom. The number of para-hydroxylation sites is 1.